The van der Waals surface area contributed by atoms with Crippen molar-refractivity contribution in [2.75, 3.05) is 23.7 Å². The Labute approximate surface area is 160 Å². The van der Waals surface area contributed by atoms with E-state index in [9.17, 15) is 4.79 Å². The zero-order chi connectivity index (χ0) is 18.4. The third kappa shape index (κ3) is 2.95. The van der Waals surface area contributed by atoms with Crippen LogP contribution in [0.4, 0.5) is 11.5 Å². The molecule has 1 amide bonds. The van der Waals surface area contributed by atoms with Gasteiger partial charge in [-0.2, -0.15) is 0 Å². The van der Waals surface area contributed by atoms with Gasteiger partial charge in [0.1, 0.15) is 5.82 Å². The van der Waals surface area contributed by atoms with Gasteiger partial charge in [-0.25, -0.2) is 4.98 Å². The molecule has 140 valence electrons. The van der Waals surface area contributed by atoms with Gasteiger partial charge in [-0.05, 0) is 49.3 Å². The van der Waals surface area contributed by atoms with Crippen LogP contribution in [0.3, 0.4) is 0 Å². The zero-order valence-corrected chi connectivity index (χ0v) is 15.5. The molecule has 1 saturated heterocycles. The number of hydrogen-bond acceptors (Lipinski definition) is 4. The van der Waals surface area contributed by atoms with E-state index >= 15 is 0 Å². The summed E-state index contributed by atoms with van der Waals surface area (Å²) in [5.41, 5.74) is 9.42. The number of fused-ring (bicyclic) bond motifs is 2. The second-order valence-corrected chi connectivity index (χ2v) is 8.34. The van der Waals surface area contributed by atoms with Gasteiger partial charge >= 0.3 is 0 Å². The molecule has 5 heteroatoms. The van der Waals surface area contributed by atoms with Crippen molar-refractivity contribution < 1.29 is 4.79 Å². The van der Waals surface area contributed by atoms with Crippen molar-refractivity contribution in [2.45, 2.75) is 49.5 Å². The molecule has 1 atom stereocenters. The molecule has 1 aliphatic heterocycles. The monoisotopic (exact) mass is 362 g/mol. The van der Waals surface area contributed by atoms with Crippen molar-refractivity contribution in [2.24, 2.45) is 0 Å². The van der Waals surface area contributed by atoms with Gasteiger partial charge in [0.15, 0.2) is 0 Å². The number of amides is 1. The quantitative estimate of drug-likeness (QED) is 0.881. The lowest BCUT2D eigenvalue weighted by Gasteiger charge is -2.41. The molecule has 1 aromatic carbocycles. The fourth-order valence-electron chi connectivity index (χ4n) is 4.90. The highest BCUT2D eigenvalue weighted by molar-refractivity contribution is 5.86. The molecule has 5 rings (SSSR count). The Kier molecular flexibility index (Phi) is 3.85. The summed E-state index contributed by atoms with van der Waals surface area (Å²) in [6.07, 6.45) is 7.07. The van der Waals surface area contributed by atoms with Crippen molar-refractivity contribution in [3.63, 3.8) is 0 Å². The lowest BCUT2D eigenvalue weighted by Crippen LogP contribution is -2.42. The predicted octanol–water partition coefficient (Wildman–Crippen LogP) is 2.97. The Morgan fingerprint density at radius 3 is 2.70 bits per heavy atom. The summed E-state index contributed by atoms with van der Waals surface area (Å²) in [4.78, 5) is 19.7. The first-order valence-corrected chi connectivity index (χ1v) is 10.0. The largest absolute Gasteiger partial charge is 0.399 e. The Morgan fingerprint density at radius 1 is 1.19 bits per heavy atom. The topological polar surface area (TPSA) is 71.2 Å². The number of benzene rings is 1. The lowest BCUT2D eigenvalue weighted by atomic mass is 9.73. The summed E-state index contributed by atoms with van der Waals surface area (Å²) < 4.78 is 0. The Bertz CT molecular complexity index is 868. The summed E-state index contributed by atoms with van der Waals surface area (Å²) in [5, 5.41) is 3.23. The number of nitrogens with zero attached hydrogens (tertiary/aromatic N) is 2. The van der Waals surface area contributed by atoms with E-state index in [-0.39, 0.29) is 17.2 Å². The van der Waals surface area contributed by atoms with Crippen LogP contribution in [-0.2, 0) is 10.2 Å². The molecule has 1 saturated carbocycles. The number of nitrogen functional groups attached to an aromatic ring is 1. The van der Waals surface area contributed by atoms with Gasteiger partial charge in [-0.15, -0.1) is 0 Å². The number of hydrogen-bond donors (Lipinski definition) is 2. The van der Waals surface area contributed by atoms with Crippen LogP contribution in [-0.4, -0.2) is 30.0 Å². The van der Waals surface area contributed by atoms with Gasteiger partial charge in [0, 0.05) is 42.5 Å². The average Bonchev–Trinajstić information content (AvgIpc) is 3.45. The first-order chi connectivity index (χ1) is 13.1. The smallest absolute Gasteiger partial charge is 0.227 e. The van der Waals surface area contributed by atoms with Crippen molar-refractivity contribution >= 4 is 17.4 Å². The second-order valence-electron chi connectivity index (χ2n) is 8.34. The standard InChI is InChI=1S/C22H26N4O/c23-15-7-10-24-20(13-15)26-11-8-22(9-12-26)14-18(21(27)25-16-5-6-16)17-3-1-2-4-19(17)22/h1-4,7,10,13,16,18H,5-6,8-9,11-12,14H2,(H2,23,24)(H,25,27)/t18-/m0/s1. The molecule has 2 fully saturated rings. The van der Waals surface area contributed by atoms with Crippen LogP contribution in [0, 0.1) is 0 Å². The Morgan fingerprint density at radius 2 is 1.96 bits per heavy atom. The highest BCUT2D eigenvalue weighted by Gasteiger charge is 2.48. The molecule has 27 heavy (non-hydrogen) atoms. The van der Waals surface area contributed by atoms with Gasteiger partial charge in [0.25, 0.3) is 0 Å². The third-order valence-electron chi connectivity index (χ3n) is 6.56. The maximum absolute atomic E-state index is 12.9. The number of pyridine rings is 1. The van der Waals surface area contributed by atoms with E-state index in [2.05, 4.69) is 39.5 Å². The number of nitrogens with two attached hydrogens (primary N) is 1. The summed E-state index contributed by atoms with van der Waals surface area (Å²) in [6.45, 7) is 1.89. The number of carbonyl (C=O) groups excluding carboxylic acids is 1. The maximum atomic E-state index is 12.9. The SMILES string of the molecule is Nc1ccnc(N2CCC3(CC2)C[C@H](C(=O)NC2CC2)c2ccccc23)c1. The maximum Gasteiger partial charge on any atom is 0.227 e. The highest BCUT2D eigenvalue weighted by Crippen LogP contribution is 2.52. The van der Waals surface area contributed by atoms with Gasteiger partial charge in [-0.3, -0.25) is 4.79 Å². The normalized spacial score (nSPS) is 23.3. The summed E-state index contributed by atoms with van der Waals surface area (Å²) in [7, 11) is 0. The molecule has 2 aromatic rings. The molecular weight excluding hydrogens is 336 g/mol. The average molecular weight is 362 g/mol. The molecule has 2 aliphatic carbocycles. The van der Waals surface area contributed by atoms with E-state index in [1.165, 1.54) is 11.1 Å². The fraction of sp³-hybridized carbons (Fsp3) is 0.455. The van der Waals surface area contributed by atoms with E-state index in [0.717, 1.165) is 56.7 Å². The summed E-state index contributed by atoms with van der Waals surface area (Å²) in [5.74, 6) is 1.18. The van der Waals surface area contributed by atoms with Gasteiger partial charge in [0.05, 0.1) is 5.92 Å². The number of piperidine rings is 1. The first-order valence-electron chi connectivity index (χ1n) is 10.0. The fourth-order valence-corrected chi connectivity index (χ4v) is 4.90. The van der Waals surface area contributed by atoms with Crippen LogP contribution in [0.2, 0.25) is 0 Å². The number of nitrogens with one attached hydrogen (secondary N) is 1. The van der Waals surface area contributed by atoms with Crippen LogP contribution >= 0.6 is 0 Å². The minimum Gasteiger partial charge on any atom is -0.399 e. The minimum absolute atomic E-state index is 0.00107. The molecule has 3 N–H and O–H groups in total. The molecule has 0 radical (unpaired) electrons. The summed E-state index contributed by atoms with van der Waals surface area (Å²) in [6, 6.07) is 12.8. The molecule has 3 aliphatic rings. The van der Waals surface area contributed by atoms with Crippen LogP contribution < -0.4 is 16.0 Å². The van der Waals surface area contributed by atoms with Crippen molar-refractivity contribution in [1.82, 2.24) is 10.3 Å². The van der Waals surface area contributed by atoms with Crippen molar-refractivity contribution in [1.29, 1.82) is 0 Å². The van der Waals surface area contributed by atoms with E-state index in [1.54, 1.807) is 6.20 Å². The van der Waals surface area contributed by atoms with E-state index in [4.69, 9.17) is 5.73 Å². The Hall–Kier alpha value is -2.56. The van der Waals surface area contributed by atoms with E-state index in [1.807, 2.05) is 12.1 Å². The van der Waals surface area contributed by atoms with Crippen LogP contribution in [0.5, 0.6) is 0 Å². The van der Waals surface area contributed by atoms with Crippen LogP contribution in [0.1, 0.15) is 49.1 Å². The predicted molar refractivity (Wildman–Crippen MR) is 107 cm³/mol. The van der Waals surface area contributed by atoms with Gasteiger partial charge < -0.3 is 16.0 Å². The molecular formula is C22H26N4O. The molecule has 2 heterocycles. The number of anilines is 2. The van der Waals surface area contributed by atoms with Crippen LogP contribution in [0.15, 0.2) is 42.6 Å². The molecule has 0 unspecified atom stereocenters. The van der Waals surface area contributed by atoms with Crippen LogP contribution in [0.25, 0.3) is 0 Å². The zero-order valence-electron chi connectivity index (χ0n) is 15.5. The molecule has 1 aromatic heterocycles. The second kappa shape index (κ2) is 6.25. The number of aromatic nitrogens is 1. The van der Waals surface area contributed by atoms with E-state index in [0.29, 0.717) is 6.04 Å². The molecule has 0 bridgehead atoms. The first kappa shape index (κ1) is 16.6. The van der Waals surface area contributed by atoms with Crippen molar-refractivity contribution in [3.05, 3.63) is 53.7 Å². The van der Waals surface area contributed by atoms with Crippen molar-refractivity contribution in [3.8, 4) is 0 Å². The minimum atomic E-state index is -0.00107. The Balaban J connectivity index is 1.38. The number of carbonyl (C=O) groups is 1. The molecule has 1 spiro atoms. The molecule has 5 nitrogen and oxygen atoms in total. The van der Waals surface area contributed by atoms with Gasteiger partial charge in [0.2, 0.25) is 5.91 Å². The number of rotatable bonds is 3. The third-order valence-corrected chi connectivity index (χ3v) is 6.56. The lowest BCUT2D eigenvalue weighted by molar-refractivity contribution is -0.122. The highest BCUT2D eigenvalue weighted by atomic mass is 16.2. The van der Waals surface area contributed by atoms with Gasteiger partial charge in [-0.1, -0.05) is 24.3 Å². The van der Waals surface area contributed by atoms with E-state index < -0.39 is 0 Å². The summed E-state index contributed by atoms with van der Waals surface area (Å²) >= 11 is 0.